The van der Waals surface area contributed by atoms with Crippen molar-refractivity contribution in [3.05, 3.63) is 45.1 Å². The van der Waals surface area contributed by atoms with Gasteiger partial charge in [-0.2, -0.15) is 0 Å². The molecule has 1 aromatic carbocycles. The lowest BCUT2D eigenvalue weighted by atomic mass is 10.2. The van der Waals surface area contributed by atoms with Gasteiger partial charge in [0, 0.05) is 24.9 Å². The Morgan fingerprint density at radius 3 is 2.37 bits per heavy atom. The summed E-state index contributed by atoms with van der Waals surface area (Å²) in [6, 6.07) is 7.37. The van der Waals surface area contributed by atoms with Gasteiger partial charge in [0.15, 0.2) is 11.5 Å². The fourth-order valence-corrected chi connectivity index (χ4v) is 3.64. The van der Waals surface area contributed by atoms with Crippen molar-refractivity contribution in [1.82, 2.24) is 19.1 Å². The Labute approximate surface area is 161 Å². The number of aryl methyl sites for hydroxylation is 1. The summed E-state index contributed by atoms with van der Waals surface area (Å²) in [5, 5.41) is 1.24. The molecule has 0 saturated heterocycles. The summed E-state index contributed by atoms with van der Waals surface area (Å²) in [5.41, 5.74) is 0.345. The monoisotopic (exact) mass is 386 g/mol. The molecule has 0 saturated carbocycles. The molecule has 0 amide bonds. The van der Waals surface area contributed by atoms with Crippen LogP contribution in [0.4, 0.5) is 0 Å². The molecule has 0 aliphatic carbocycles. The van der Waals surface area contributed by atoms with E-state index in [2.05, 4.69) is 23.8 Å². The summed E-state index contributed by atoms with van der Waals surface area (Å²) in [4.78, 5) is 34.3. The highest BCUT2D eigenvalue weighted by molar-refractivity contribution is 8.00. The highest BCUT2D eigenvalue weighted by atomic mass is 32.2. The van der Waals surface area contributed by atoms with Crippen LogP contribution in [0.3, 0.4) is 0 Å². The van der Waals surface area contributed by atoms with Crippen LogP contribution in [0.15, 0.2) is 38.9 Å². The molecule has 0 spiro atoms. The minimum Gasteiger partial charge on any atom is -0.497 e. The third kappa shape index (κ3) is 3.49. The molecule has 0 bridgehead atoms. The second-order valence-electron chi connectivity index (χ2n) is 6.32. The van der Waals surface area contributed by atoms with E-state index in [1.807, 2.05) is 24.3 Å². The van der Waals surface area contributed by atoms with E-state index in [0.717, 1.165) is 22.3 Å². The first-order valence-corrected chi connectivity index (χ1v) is 9.54. The molecule has 3 rings (SSSR count). The first-order valence-electron chi connectivity index (χ1n) is 8.66. The zero-order valence-corrected chi connectivity index (χ0v) is 16.8. The number of hydrogen-bond acceptors (Lipinski definition) is 6. The largest absolute Gasteiger partial charge is 0.497 e. The summed E-state index contributed by atoms with van der Waals surface area (Å²) < 4.78 is 7.69. The molecule has 27 heavy (non-hydrogen) atoms. The Hall–Kier alpha value is -2.61. The standard InChI is InChI=1S/C19H22N4O3S/c1-6-11(2)27-17-14-16(22(3)19(25)23(4)18(14)24)20-15(21-17)12-7-9-13(26-5)10-8-12/h7-11H,6H2,1-5H3/t11-/m0/s1. The lowest BCUT2D eigenvalue weighted by Gasteiger charge is -2.14. The summed E-state index contributed by atoms with van der Waals surface area (Å²) in [6.45, 7) is 4.16. The first kappa shape index (κ1) is 19.2. The van der Waals surface area contributed by atoms with Crippen molar-refractivity contribution >= 4 is 22.8 Å². The molecule has 7 nitrogen and oxygen atoms in total. The molecule has 0 N–H and O–H groups in total. The van der Waals surface area contributed by atoms with E-state index in [4.69, 9.17) is 4.74 Å². The van der Waals surface area contributed by atoms with E-state index in [-0.39, 0.29) is 10.8 Å². The number of rotatable bonds is 5. The number of nitrogens with zero attached hydrogens (tertiary/aromatic N) is 4. The molecule has 0 aliphatic heterocycles. The van der Waals surface area contributed by atoms with Gasteiger partial charge in [-0.15, -0.1) is 11.8 Å². The van der Waals surface area contributed by atoms with Gasteiger partial charge in [-0.25, -0.2) is 14.8 Å². The molecule has 0 radical (unpaired) electrons. The van der Waals surface area contributed by atoms with Crippen LogP contribution in [0.25, 0.3) is 22.4 Å². The van der Waals surface area contributed by atoms with E-state index in [0.29, 0.717) is 21.9 Å². The molecular weight excluding hydrogens is 364 g/mol. The maximum Gasteiger partial charge on any atom is 0.332 e. The average molecular weight is 386 g/mol. The third-order valence-corrected chi connectivity index (χ3v) is 5.76. The average Bonchev–Trinajstić information content (AvgIpc) is 2.70. The molecule has 2 aromatic heterocycles. The zero-order chi connectivity index (χ0) is 19.7. The number of fused-ring (bicyclic) bond motifs is 1. The summed E-state index contributed by atoms with van der Waals surface area (Å²) in [6.07, 6.45) is 0.931. The van der Waals surface area contributed by atoms with Crippen LogP contribution in [0.1, 0.15) is 20.3 Å². The zero-order valence-electron chi connectivity index (χ0n) is 16.0. The first-order chi connectivity index (χ1) is 12.9. The van der Waals surface area contributed by atoms with Gasteiger partial charge < -0.3 is 4.74 Å². The number of aromatic nitrogens is 4. The summed E-state index contributed by atoms with van der Waals surface area (Å²) in [7, 11) is 4.69. The number of thioether (sulfide) groups is 1. The molecule has 0 aliphatic rings. The van der Waals surface area contributed by atoms with E-state index in [1.165, 1.54) is 23.4 Å². The van der Waals surface area contributed by atoms with Gasteiger partial charge in [0.2, 0.25) is 0 Å². The molecule has 8 heteroatoms. The minimum atomic E-state index is -0.411. The maximum atomic E-state index is 12.8. The topological polar surface area (TPSA) is 79.0 Å². The van der Waals surface area contributed by atoms with Crippen LogP contribution >= 0.6 is 11.8 Å². The van der Waals surface area contributed by atoms with Crippen molar-refractivity contribution in [2.24, 2.45) is 14.1 Å². The fourth-order valence-electron chi connectivity index (χ4n) is 2.66. The number of benzene rings is 1. The van der Waals surface area contributed by atoms with Crippen molar-refractivity contribution in [2.75, 3.05) is 7.11 Å². The SMILES string of the molecule is CC[C@H](C)Sc1nc(-c2ccc(OC)cc2)nc2c1c(=O)n(C)c(=O)n2C. The Bertz CT molecular complexity index is 1100. The van der Waals surface area contributed by atoms with Crippen molar-refractivity contribution in [3.63, 3.8) is 0 Å². The van der Waals surface area contributed by atoms with Gasteiger partial charge in [0.1, 0.15) is 16.2 Å². The van der Waals surface area contributed by atoms with Crippen LogP contribution in [0, 0.1) is 0 Å². The quantitative estimate of drug-likeness (QED) is 0.495. The molecule has 2 heterocycles. The van der Waals surface area contributed by atoms with Crippen LogP contribution < -0.4 is 16.0 Å². The summed E-state index contributed by atoms with van der Waals surface area (Å²) >= 11 is 1.52. The molecule has 0 fully saturated rings. The van der Waals surface area contributed by atoms with Gasteiger partial charge >= 0.3 is 5.69 Å². The third-order valence-electron chi connectivity index (χ3n) is 4.50. The Morgan fingerprint density at radius 2 is 1.78 bits per heavy atom. The Balaban J connectivity index is 2.33. The molecule has 142 valence electrons. The van der Waals surface area contributed by atoms with Crippen molar-refractivity contribution in [2.45, 2.75) is 30.5 Å². The van der Waals surface area contributed by atoms with Gasteiger partial charge in [-0.1, -0.05) is 13.8 Å². The Morgan fingerprint density at radius 1 is 1.11 bits per heavy atom. The predicted molar refractivity (Wildman–Crippen MR) is 108 cm³/mol. The van der Waals surface area contributed by atoms with E-state index in [9.17, 15) is 9.59 Å². The van der Waals surface area contributed by atoms with Gasteiger partial charge in [-0.3, -0.25) is 13.9 Å². The number of ether oxygens (including phenoxy) is 1. The lowest BCUT2D eigenvalue weighted by molar-refractivity contribution is 0.415. The van der Waals surface area contributed by atoms with Crippen molar-refractivity contribution in [1.29, 1.82) is 0 Å². The van der Waals surface area contributed by atoms with Gasteiger partial charge in [-0.05, 0) is 30.7 Å². The van der Waals surface area contributed by atoms with Gasteiger partial charge in [0.25, 0.3) is 5.56 Å². The van der Waals surface area contributed by atoms with Crippen LogP contribution in [-0.4, -0.2) is 31.5 Å². The van der Waals surface area contributed by atoms with E-state index < -0.39 is 5.69 Å². The second kappa shape index (κ2) is 7.56. The molecular formula is C19H22N4O3S. The fraction of sp³-hybridized carbons (Fsp3) is 0.368. The predicted octanol–water partition coefficient (Wildman–Crippen LogP) is 2.59. The Kier molecular flexibility index (Phi) is 5.36. The number of methoxy groups -OCH3 is 1. The van der Waals surface area contributed by atoms with Crippen molar-refractivity contribution < 1.29 is 4.74 Å². The van der Waals surface area contributed by atoms with Crippen LogP contribution in [-0.2, 0) is 14.1 Å². The molecule has 1 atom stereocenters. The van der Waals surface area contributed by atoms with Crippen LogP contribution in [0.2, 0.25) is 0 Å². The van der Waals surface area contributed by atoms with Crippen molar-refractivity contribution in [3.8, 4) is 17.1 Å². The number of hydrogen-bond donors (Lipinski definition) is 0. The van der Waals surface area contributed by atoms with Crippen LogP contribution in [0.5, 0.6) is 5.75 Å². The maximum absolute atomic E-state index is 12.8. The minimum absolute atomic E-state index is 0.272. The lowest BCUT2D eigenvalue weighted by Crippen LogP contribution is -2.37. The smallest absolute Gasteiger partial charge is 0.332 e. The second-order valence-corrected chi connectivity index (χ2v) is 7.75. The summed E-state index contributed by atoms with van der Waals surface area (Å²) in [5.74, 6) is 1.20. The molecule has 3 aromatic rings. The normalized spacial score (nSPS) is 12.3. The highest BCUT2D eigenvalue weighted by Crippen LogP contribution is 2.30. The van der Waals surface area contributed by atoms with Gasteiger partial charge in [0.05, 0.1) is 7.11 Å². The highest BCUT2D eigenvalue weighted by Gasteiger charge is 2.19. The van der Waals surface area contributed by atoms with E-state index in [1.54, 1.807) is 14.2 Å². The molecule has 0 unspecified atom stereocenters. The van der Waals surface area contributed by atoms with E-state index >= 15 is 0 Å².